The zero-order valence-electron chi connectivity index (χ0n) is 30.7. The van der Waals surface area contributed by atoms with Crippen molar-refractivity contribution in [2.75, 3.05) is 80.4 Å². The van der Waals surface area contributed by atoms with Crippen molar-refractivity contribution < 1.29 is 53.4 Å². The van der Waals surface area contributed by atoms with Gasteiger partial charge < -0.3 is 34.4 Å². The highest BCUT2D eigenvalue weighted by atomic mass is 31.2. The minimum atomic E-state index is -3.85. The first-order valence-corrected chi connectivity index (χ1v) is 18.9. The number of carboxylic acid groups (broad SMARTS) is 3. The van der Waals surface area contributed by atoms with Crippen LogP contribution in [0.3, 0.4) is 0 Å². The molecule has 1 aliphatic heterocycles. The summed E-state index contributed by atoms with van der Waals surface area (Å²) in [6, 6.07) is 3.86. The van der Waals surface area contributed by atoms with Crippen LogP contribution in [0.1, 0.15) is 37.6 Å². The van der Waals surface area contributed by atoms with E-state index in [4.69, 9.17) is 14.2 Å². The Balaban J connectivity index is 2.04. The van der Waals surface area contributed by atoms with Gasteiger partial charge in [-0.3, -0.25) is 38.5 Å². The summed E-state index contributed by atoms with van der Waals surface area (Å²) in [5.41, 5.74) is 1.22. The van der Waals surface area contributed by atoms with Crippen LogP contribution in [0.5, 0.6) is 17.2 Å². The van der Waals surface area contributed by atoms with Gasteiger partial charge in [-0.2, -0.15) is 0 Å². The summed E-state index contributed by atoms with van der Waals surface area (Å²) >= 11 is 0. The van der Waals surface area contributed by atoms with Crippen LogP contribution < -0.4 is 19.6 Å². The van der Waals surface area contributed by atoms with Crippen molar-refractivity contribution in [1.29, 1.82) is 0 Å². The number of aromatic nitrogens is 1. The van der Waals surface area contributed by atoms with E-state index < -0.39 is 43.4 Å². The fraction of sp³-hybridized carbons (Fsp3) is 0.543. The third kappa shape index (κ3) is 11.6. The van der Waals surface area contributed by atoms with Crippen LogP contribution in [0, 0.1) is 11.8 Å². The van der Waals surface area contributed by atoms with Crippen molar-refractivity contribution in [3.05, 3.63) is 41.1 Å². The molecule has 1 unspecified atom stereocenters. The number of pyridine rings is 1. The second-order valence-electron chi connectivity index (χ2n) is 12.7. The van der Waals surface area contributed by atoms with E-state index in [2.05, 4.69) is 16.8 Å². The van der Waals surface area contributed by atoms with Crippen LogP contribution in [0.15, 0.2) is 24.3 Å². The molecular weight excluding hydrogens is 697 g/mol. The van der Waals surface area contributed by atoms with Gasteiger partial charge >= 0.3 is 17.9 Å². The molecule has 0 bridgehead atoms. The van der Waals surface area contributed by atoms with E-state index in [0.29, 0.717) is 47.2 Å². The van der Waals surface area contributed by atoms with Crippen molar-refractivity contribution in [2.45, 2.75) is 45.4 Å². The van der Waals surface area contributed by atoms with Crippen LogP contribution in [-0.4, -0.2) is 161 Å². The van der Waals surface area contributed by atoms with Crippen molar-refractivity contribution >= 4 is 30.7 Å². The summed E-state index contributed by atoms with van der Waals surface area (Å²) in [6.45, 7) is 8.29. The second-order valence-corrected chi connectivity index (χ2v) is 14.9. The van der Waals surface area contributed by atoms with Gasteiger partial charge in [0.05, 0.1) is 27.0 Å². The molecule has 1 aromatic carbocycles. The second kappa shape index (κ2) is 19.0. The SMILES string of the molecule is COc1cc(OC)c(C#Cc2cc(CN3CCN([C@H](C)C(=O)O)CCN([C@H](C)C(=O)O)CCN([C@H](C)C(=O)O)CC3)nc(P(C)(=O)O)c2)c(OC)c1. The van der Waals surface area contributed by atoms with Gasteiger partial charge in [-0.25, -0.2) is 4.98 Å². The minimum Gasteiger partial charge on any atom is -0.496 e. The fourth-order valence-corrected chi connectivity index (χ4v) is 6.41. The lowest BCUT2D eigenvalue weighted by Gasteiger charge is -2.37. The number of ether oxygens (including phenoxy) is 3. The largest absolute Gasteiger partial charge is 0.496 e. The molecule has 1 aliphatic rings. The number of hydrogen-bond donors (Lipinski definition) is 4. The Kier molecular flexibility index (Phi) is 15.4. The molecule has 0 radical (unpaired) electrons. The summed E-state index contributed by atoms with van der Waals surface area (Å²) < 4.78 is 29.2. The summed E-state index contributed by atoms with van der Waals surface area (Å²) in [5, 5.41) is 29.5. The number of carboxylic acids is 3. The molecule has 1 aromatic heterocycles. The number of nitrogens with zero attached hydrogens (tertiary/aromatic N) is 5. The Morgan fingerprint density at radius 2 is 1.15 bits per heavy atom. The lowest BCUT2D eigenvalue weighted by atomic mass is 10.1. The number of carbonyl (C=O) groups is 3. The molecule has 17 heteroatoms. The standard InChI is InChI=1S/C35H50N5O11P/c1-23(33(41)42)38-12-10-37(11-13-39(24(2)34(43)44)15-17-40(16-14-38)25(3)35(45)46)22-27-18-26(19-32(36-27)52(7,47)48)8-9-29-30(50-5)20-28(49-4)21-31(29)51-6/h18-21,23-25H,10-17,22H2,1-7H3,(H,41,42)(H,43,44)(H,45,46)(H,47,48)/t23-,24-,25-/m1/s1. The molecule has 2 heterocycles. The Hall–Kier alpha value is -4.23. The van der Waals surface area contributed by atoms with Crippen molar-refractivity contribution in [2.24, 2.45) is 0 Å². The Morgan fingerprint density at radius 1 is 0.731 bits per heavy atom. The first-order valence-electron chi connectivity index (χ1n) is 16.8. The van der Waals surface area contributed by atoms with Crippen LogP contribution in [0.4, 0.5) is 0 Å². The van der Waals surface area contributed by atoms with E-state index >= 15 is 0 Å². The van der Waals surface area contributed by atoms with Gasteiger partial charge in [-0.05, 0) is 32.9 Å². The molecule has 4 N–H and O–H groups in total. The van der Waals surface area contributed by atoms with Gasteiger partial charge in [-0.15, -0.1) is 0 Å². The summed E-state index contributed by atoms with van der Waals surface area (Å²) in [5.74, 6) is 4.33. The van der Waals surface area contributed by atoms with Gasteiger partial charge in [0.1, 0.15) is 46.4 Å². The predicted molar refractivity (Wildman–Crippen MR) is 193 cm³/mol. The van der Waals surface area contributed by atoms with Gasteiger partial charge in [0.15, 0.2) is 0 Å². The molecule has 16 nitrogen and oxygen atoms in total. The van der Waals surface area contributed by atoms with Crippen LogP contribution >= 0.6 is 7.37 Å². The fourth-order valence-electron chi connectivity index (χ4n) is 5.72. The lowest BCUT2D eigenvalue weighted by Crippen LogP contribution is -2.53. The third-order valence-electron chi connectivity index (χ3n) is 9.19. The molecule has 1 saturated heterocycles. The Bertz CT molecular complexity index is 1630. The highest BCUT2D eigenvalue weighted by Gasteiger charge is 2.29. The predicted octanol–water partition coefficient (Wildman–Crippen LogP) is 1.17. The van der Waals surface area contributed by atoms with Gasteiger partial charge in [-0.1, -0.05) is 11.8 Å². The maximum absolute atomic E-state index is 12.9. The van der Waals surface area contributed by atoms with Crippen LogP contribution in [0.25, 0.3) is 0 Å². The molecule has 1 fully saturated rings. The van der Waals surface area contributed by atoms with Gasteiger partial charge in [0, 0.05) is 83.3 Å². The van der Waals surface area contributed by atoms with Gasteiger partial charge in [0.25, 0.3) is 0 Å². The third-order valence-corrected chi connectivity index (χ3v) is 10.3. The van der Waals surface area contributed by atoms with Crippen molar-refractivity contribution in [3.8, 4) is 29.1 Å². The van der Waals surface area contributed by atoms with E-state index in [9.17, 15) is 39.2 Å². The maximum Gasteiger partial charge on any atom is 0.320 e. The normalized spacial score (nSPS) is 18.6. The average molecular weight is 748 g/mol. The molecule has 3 rings (SSSR count). The molecule has 4 atom stereocenters. The Morgan fingerprint density at radius 3 is 1.52 bits per heavy atom. The highest BCUT2D eigenvalue weighted by Crippen LogP contribution is 2.34. The summed E-state index contributed by atoms with van der Waals surface area (Å²) in [4.78, 5) is 58.4. The van der Waals surface area contributed by atoms with Crippen LogP contribution in [-0.2, 0) is 25.5 Å². The first kappa shape index (κ1) is 42.2. The molecule has 0 spiro atoms. The average Bonchev–Trinajstić information content (AvgIpc) is 3.10. The number of rotatable bonds is 12. The van der Waals surface area contributed by atoms with E-state index in [1.165, 1.54) is 34.1 Å². The van der Waals surface area contributed by atoms with Crippen molar-refractivity contribution in [3.63, 3.8) is 0 Å². The quantitative estimate of drug-likeness (QED) is 0.178. The topological polar surface area (TPSA) is 203 Å². The molecule has 2 aromatic rings. The van der Waals surface area contributed by atoms with E-state index in [-0.39, 0.29) is 51.2 Å². The minimum absolute atomic E-state index is 0.0489. The highest BCUT2D eigenvalue weighted by molar-refractivity contribution is 7.65. The monoisotopic (exact) mass is 747 g/mol. The Labute approximate surface area is 304 Å². The molecule has 0 amide bonds. The molecule has 52 heavy (non-hydrogen) atoms. The summed E-state index contributed by atoms with van der Waals surface area (Å²) in [7, 11) is 0.643. The number of hydrogen-bond acceptors (Lipinski definition) is 12. The lowest BCUT2D eigenvalue weighted by molar-refractivity contribution is -0.145. The first-order chi connectivity index (χ1) is 24.5. The number of benzene rings is 1. The molecular formula is C35H50N5O11P. The zero-order chi connectivity index (χ0) is 38.7. The molecule has 286 valence electrons. The van der Waals surface area contributed by atoms with E-state index in [1.807, 2.05) is 4.90 Å². The number of aliphatic carboxylic acids is 3. The van der Waals surface area contributed by atoms with E-state index in [0.717, 1.165) is 0 Å². The molecule has 0 saturated carbocycles. The zero-order valence-corrected chi connectivity index (χ0v) is 31.6. The van der Waals surface area contributed by atoms with Gasteiger partial charge in [0.2, 0.25) is 7.37 Å². The smallest absolute Gasteiger partial charge is 0.320 e. The van der Waals surface area contributed by atoms with E-state index in [1.54, 1.807) is 53.7 Å². The summed E-state index contributed by atoms with van der Waals surface area (Å²) in [6.07, 6.45) is 0. The number of methoxy groups -OCH3 is 3. The van der Waals surface area contributed by atoms with Crippen molar-refractivity contribution in [1.82, 2.24) is 24.6 Å². The maximum atomic E-state index is 12.9. The van der Waals surface area contributed by atoms with Crippen LogP contribution in [0.2, 0.25) is 0 Å². The molecule has 0 aliphatic carbocycles.